The Bertz CT molecular complexity index is 629. The third kappa shape index (κ3) is 1.57. The number of nitrogens with two attached hydrogens (primary N) is 1. The van der Waals surface area contributed by atoms with Crippen molar-refractivity contribution in [1.82, 2.24) is 10.1 Å². The monoisotopic (exact) mass is 227 g/mol. The van der Waals surface area contributed by atoms with Crippen molar-refractivity contribution >= 4 is 5.88 Å². The van der Waals surface area contributed by atoms with Crippen LogP contribution < -0.4 is 5.73 Å². The van der Waals surface area contributed by atoms with Gasteiger partial charge in [0.2, 0.25) is 11.8 Å². The van der Waals surface area contributed by atoms with Gasteiger partial charge in [0.05, 0.1) is 18.0 Å². The lowest BCUT2D eigenvalue weighted by molar-refractivity contribution is 0.436. The average molecular weight is 227 g/mol. The van der Waals surface area contributed by atoms with Crippen LogP contribution in [0.25, 0.3) is 22.6 Å². The van der Waals surface area contributed by atoms with Crippen LogP contribution in [0.1, 0.15) is 0 Å². The molecule has 0 spiro atoms. The summed E-state index contributed by atoms with van der Waals surface area (Å²) >= 11 is 0. The molecular weight excluding hydrogens is 218 g/mol. The summed E-state index contributed by atoms with van der Waals surface area (Å²) in [5, 5.41) is 3.67. The van der Waals surface area contributed by atoms with E-state index in [-0.39, 0.29) is 5.88 Å². The summed E-state index contributed by atoms with van der Waals surface area (Å²) in [5.74, 6) is 0.824. The van der Waals surface area contributed by atoms with Crippen molar-refractivity contribution in [2.24, 2.45) is 0 Å². The number of anilines is 1. The number of nitrogens with zero attached hydrogens (tertiary/aromatic N) is 2. The second-order valence-corrected chi connectivity index (χ2v) is 3.49. The molecular formula is C12H9N3O2. The van der Waals surface area contributed by atoms with Crippen molar-refractivity contribution in [3.05, 3.63) is 42.9 Å². The number of rotatable bonds is 2. The van der Waals surface area contributed by atoms with E-state index >= 15 is 0 Å². The molecule has 0 saturated heterocycles. The molecule has 0 amide bonds. The number of nitrogen functional groups attached to an aromatic ring is 1. The lowest BCUT2D eigenvalue weighted by Crippen LogP contribution is -1.88. The zero-order valence-corrected chi connectivity index (χ0v) is 8.83. The smallest absolute Gasteiger partial charge is 0.229 e. The molecule has 2 heterocycles. The van der Waals surface area contributed by atoms with Crippen molar-refractivity contribution in [2.45, 2.75) is 0 Å². The first-order valence-electron chi connectivity index (χ1n) is 5.05. The molecule has 2 N–H and O–H groups in total. The largest absolute Gasteiger partial charge is 0.445 e. The molecule has 17 heavy (non-hydrogen) atoms. The fraction of sp³-hybridized carbons (Fsp3) is 0. The van der Waals surface area contributed by atoms with Crippen LogP contribution in [0, 0.1) is 0 Å². The van der Waals surface area contributed by atoms with E-state index in [2.05, 4.69) is 10.1 Å². The van der Waals surface area contributed by atoms with Crippen LogP contribution >= 0.6 is 0 Å². The van der Waals surface area contributed by atoms with Gasteiger partial charge in [0.15, 0.2) is 0 Å². The van der Waals surface area contributed by atoms with E-state index < -0.39 is 0 Å². The van der Waals surface area contributed by atoms with Crippen molar-refractivity contribution in [3.8, 4) is 22.6 Å². The summed E-state index contributed by atoms with van der Waals surface area (Å²) in [5.41, 5.74) is 8.19. The molecule has 2 aromatic heterocycles. The highest BCUT2D eigenvalue weighted by Crippen LogP contribution is 2.33. The summed E-state index contributed by atoms with van der Waals surface area (Å²) in [7, 11) is 0. The Labute approximate surface area is 96.9 Å². The predicted molar refractivity (Wildman–Crippen MR) is 61.8 cm³/mol. The molecule has 0 aliphatic heterocycles. The minimum Gasteiger partial charge on any atom is -0.445 e. The molecule has 0 fully saturated rings. The Morgan fingerprint density at radius 2 is 1.88 bits per heavy atom. The summed E-state index contributed by atoms with van der Waals surface area (Å²) in [4.78, 5) is 4.13. The van der Waals surface area contributed by atoms with Crippen LogP contribution in [0.3, 0.4) is 0 Å². The maximum atomic E-state index is 5.71. The molecule has 0 saturated carbocycles. The number of benzene rings is 1. The van der Waals surface area contributed by atoms with E-state index in [1.165, 1.54) is 6.26 Å². The topological polar surface area (TPSA) is 78.1 Å². The van der Waals surface area contributed by atoms with Gasteiger partial charge in [-0.2, -0.15) is 0 Å². The standard InChI is InChI=1S/C12H9N3O2/c13-11-10(7-15-17-11)8-3-1-2-4-9(8)12-14-5-6-16-12/h1-7H,13H2. The lowest BCUT2D eigenvalue weighted by Gasteiger charge is -2.03. The number of hydrogen-bond donors (Lipinski definition) is 1. The maximum Gasteiger partial charge on any atom is 0.229 e. The molecule has 0 aliphatic carbocycles. The van der Waals surface area contributed by atoms with Crippen molar-refractivity contribution in [1.29, 1.82) is 0 Å². The maximum absolute atomic E-state index is 5.71. The van der Waals surface area contributed by atoms with Crippen LogP contribution in [0.2, 0.25) is 0 Å². The molecule has 0 aliphatic rings. The molecule has 0 radical (unpaired) electrons. The number of hydrogen-bond acceptors (Lipinski definition) is 5. The third-order valence-electron chi connectivity index (χ3n) is 2.48. The molecule has 0 bridgehead atoms. The van der Waals surface area contributed by atoms with Crippen molar-refractivity contribution in [3.63, 3.8) is 0 Å². The van der Waals surface area contributed by atoms with Crippen LogP contribution in [0.5, 0.6) is 0 Å². The minimum absolute atomic E-state index is 0.281. The number of aromatic nitrogens is 2. The van der Waals surface area contributed by atoms with E-state index in [0.717, 1.165) is 16.7 Å². The normalized spacial score (nSPS) is 10.6. The minimum atomic E-state index is 0.281. The van der Waals surface area contributed by atoms with Crippen LogP contribution in [-0.4, -0.2) is 10.1 Å². The Kier molecular flexibility index (Phi) is 2.15. The van der Waals surface area contributed by atoms with Gasteiger partial charge >= 0.3 is 0 Å². The zero-order valence-electron chi connectivity index (χ0n) is 8.83. The molecule has 0 atom stereocenters. The summed E-state index contributed by atoms with van der Waals surface area (Å²) < 4.78 is 10.2. The first-order chi connectivity index (χ1) is 8.36. The quantitative estimate of drug-likeness (QED) is 0.727. The van der Waals surface area contributed by atoms with E-state index in [4.69, 9.17) is 14.7 Å². The Morgan fingerprint density at radius 3 is 2.53 bits per heavy atom. The highest BCUT2D eigenvalue weighted by atomic mass is 16.5. The average Bonchev–Trinajstić information content (AvgIpc) is 3.00. The van der Waals surface area contributed by atoms with Gasteiger partial charge in [-0.1, -0.05) is 23.4 Å². The Balaban J connectivity index is 2.22. The van der Waals surface area contributed by atoms with Crippen LogP contribution in [0.15, 0.2) is 51.9 Å². The SMILES string of the molecule is Nc1oncc1-c1ccccc1-c1ncco1. The van der Waals surface area contributed by atoms with Gasteiger partial charge in [0.1, 0.15) is 6.26 Å². The van der Waals surface area contributed by atoms with Crippen molar-refractivity contribution in [2.75, 3.05) is 5.73 Å². The molecule has 5 heteroatoms. The van der Waals surface area contributed by atoms with Gasteiger partial charge in [-0.15, -0.1) is 0 Å². The number of oxazole rings is 1. The van der Waals surface area contributed by atoms with E-state index in [1.54, 1.807) is 12.4 Å². The highest BCUT2D eigenvalue weighted by molar-refractivity contribution is 5.83. The fourth-order valence-corrected chi connectivity index (χ4v) is 1.71. The summed E-state index contributed by atoms with van der Waals surface area (Å²) in [6.07, 6.45) is 4.71. The second-order valence-electron chi connectivity index (χ2n) is 3.49. The third-order valence-corrected chi connectivity index (χ3v) is 2.48. The van der Waals surface area contributed by atoms with Gasteiger partial charge in [0.25, 0.3) is 0 Å². The zero-order chi connectivity index (χ0) is 11.7. The second kappa shape index (κ2) is 3.79. The highest BCUT2D eigenvalue weighted by Gasteiger charge is 2.14. The fourth-order valence-electron chi connectivity index (χ4n) is 1.71. The molecule has 3 rings (SSSR count). The predicted octanol–water partition coefficient (Wildman–Crippen LogP) is 2.58. The Hall–Kier alpha value is -2.56. The van der Waals surface area contributed by atoms with E-state index in [1.807, 2.05) is 24.3 Å². The molecule has 3 aromatic rings. The van der Waals surface area contributed by atoms with Gasteiger partial charge in [-0.05, 0) is 6.07 Å². The van der Waals surface area contributed by atoms with Crippen LogP contribution in [0.4, 0.5) is 5.88 Å². The Morgan fingerprint density at radius 1 is 1.06 bits per heavy atom. The van der Waals surface area contributed by atoms with Gasteiger partial charge in [-0.3, -0.25) is 0 Å². The van der Waals surface area contributed by atoms with E-state index in [9.17, 15) is 0 Å². The summed E-state index contributed by atoms with van der Waals surface area (Å²) in [6, 6.07) is 7.65. The molecule has 84 valence electrons. The van der Waals surface area contributed by atoms with E-state index in [0.29, 0.717) is 5.89 Å². The first kappa shape index (κ1) is 9.65. The lowest BCUT2D eigenvalue weighted by atomic mass is 10.0. The summed E-state index contributed by atoms with van der Waals surface area (Å²) in [6.45, 7) is 0. The van der Waals surface area contributed by atoms with Crippen molar-refractivity contribution < 1.29 is 8.94 Å². The van der Waals surface area contributed by atoms with Crippen LogP contribution in [-0.2, 0) is 0 Å². The molecule has 1 aromatic carbocycles. The van der Waals surface area contributed by atoms with Gasteiger partial charge in [0, 0.05) is 11.1 Å². The van der Waals surface area contributed by atoms with Gasteiger partial charge < -0.3 is 14.7 Å². The molecule has 5 nitrogen and oxygen atoms in total. The van der Waals surface area contributed by atoms with Gasteiger partial charge in [-0.25, -0.2) is 4.98 Å². The first-order valence-corrected chi connectivity index (χ1v) is 5.05. The molecule has 0 unspecified atom stereocenters.